The molecule has 1 unspecified atom stereocenters. The topological polar surface area (TPSA) is 52.6 Å². The monoisotopic (exact) mass is 228 g/mol. The van der Waals surface area contributed by atoms with Gasteiger partial charge in [-0.1, -0.05) is 0 Å². The van der Waals surface area contributed by atoms with Crippen molar-refractivity contribution in [3.05, 3.63) is 5.57 Å². The first-order valence-corrected chi connectivity index (χ1v) is 5.73. The molecule has 82 valence electrons. The van der Waals surface area contributed by atoms with Crippen LogP contribution in [0.3, 0.4) is 0 Å². The summed E-state index contributed by atoms with van der Waals surface area (Å²) in [7, 11) is 1.34. The SMILES string of the molecule is COC(=O)C1CSC2(COC2)CC1=C=O. The van der Waals surface area contributed by atoms with Crippen LogP contribution in [-0.2, 0) is 19.1 Å². The molecule has 2 heterocycles. The quantitative estimate of drug-likeness (QED) is 0.481. The minimum atomic E-state index is -0.413. The van der Waals surface area contributed by atoms with Gasteiger partial charge in [-0.3, -0.25) is 4.79 Å². The van der Waals surface area contributed by atoms with E-state index in [1.54, 1.807) is 11.8 Å². The molecule has 0 N–H and O–H groups in total. The van der Waals surface area contributed by atoms with Crippen LogP contribution in [0.4, 0.5) is 0 Å². The summed E-state index contributed by atoms with van der Waals surface area (Å²) in [5.74, 6) is 1.74. The molecule has 5 heteroatoms. The van der Waals surface area contributed by atoms with E-state index in [0.717, 1.165) is 0 Å². The van der Waals surface area contributed by atoms with Crippen molar-refractivity contribution in [2.75, 3.05) is 26.1 Å². The van der Waals surface area contributed by atoms with Crippen LogP contribution >= 0.6 is 11.8 Å². The van der Waals surface area contributed by atoms with Crippen LogP contribution < -0.4 is 0 Å². The number of rotatable bonds is 1. The van der Waals surface area contributed by atoms with Crippen molar-refractivity contribution < 1.29 is 19.1 Å². The Kier molecular flexibility index (Phi) is 2.87. The first-order chi connectivity index (χ1) is 7.21. The number of carbonyl (C=O) groups is 1. The molecule has 2 aliphatic heterocycles. The Balaban J connectivity index is 2.12. The van der Waals surface area contributed by atoms with Crippen molar-refractivity contribution in [3.8, 4) is 0 Å². The minimum absolute atomic E-state index is 0.0251. The second kappa shape index (κ2) is 4.00. The lowest BCUT2D eigenvalue weighted by Crippen LogP contribution is -2.51. The molecule has 2 saturated heterocycles. The molecule has 15 heavy (non-hydrogen) atoms. The van der Waals surface area contributed by atoms with E-state index >= 15 is 0 Å². The van der Waals surface area contributed by atoms with E-state index in [1.165, 1.54) is 7.11 Å². The second-order valence-electron chi connectivity index (χ2n) is 3.87. The van der Waals surface area contributed by atoms with Gasteiger partial charge < -0.3 is 9.47 Å². The van der Waals surface area contributed by atoms with Gasteiger partial charge in [-0.15, -0.1) is 11.8 Å². The Bertz CT molecular complexity index is 328. The molecule has 0 aliphatic carbocycles. The fourth-order valence-electron chi connectivity index (χ4n) is 1.86. The smallest absolute Gasteiger partial charge is 0.314 e. The van der Waals surface area contributed by atoms with Crippen LogP contribution in [0.1, 0.15) is 6.42 Å². The van der Waals surface area contributed by atoms with Crippen molar-refractivity contribution >= 4 is 23.7 Å². The number of hydrogen-bond donors (Lipinski definition) is 0. The molecule has 0 radical (unpaired) electrons. The number of ether oxygens (including phenoxy) is 2. The van der Waals surface area contributed by atoms with Crippen molar-refractivity contribution in [3.63, 3.8) is 0 Å². The van der Waals surface area contributed by atoms with Gasteiger partial charge in [0.2, 0.25) is 0 Å². The average Bonchev–Trinajstić information content (AvgIpc) is 2.25. The highest BCUT2D eigenvalue weighted by Crippen LogP contribution is 2.45. The van der Waals surface area contributed by atoms with E-state index in [4.69, 9.17) is 4.74 Å². The van der Waals surface area contributed by atoms with Crippen LogP contribution in [0.2, 0.25) is 0 Å². The predicted octanol–water partition coefficient (Wildman–Crippen LogP) is 0.440. The summed E-state index contributed by atoms with van der Waals surface area (Å²) >= 11 is 1.70. The molecule has 2 fully saturated rings. The van der Waals surface area contributed by atoms with Crippen molar-refractivity contribution in [1.29, 1.82) is 0 Å². The number of hydrogen-bond acceptors (Lipinski definition) is 5. The zero-order valence-electron chi connectivity index (χ0n) is 8.45. The number of thioether (sulfide) groups is 1. The van der Waals surface area contributed by atoms with Gasteiger partial charge in [0.15, 0.2) is 0 Å². The van der Waals surface area contributed by atoms with E-state index in [0.29, 0.717) is 31.0 Å². The van der Waals surface area contributed by atoms with Crippen molar-refractivity contribution in [1.82, 2.24) is 0 Å². The number of esters is 1. The normalized spacial score (nSPS) is 28.1. The summed E-state index contributed by atoms with van der Waals surface area (Å²) in [4.78, 5) is 22.2. The van der Waals surface area contributed by atoms with Crippen LogP contribution in [0.15, 0.2) is 5.57 Å². The van der Waals surface area contributed by atoms with Crippen molar-refractivity contribution in [2.45, 2.75) is 11.2 Å². The average molecular weight is 228 g/mol. The predicted molar refractivity (Wildman–Crippen MR) is 55.3 cm³/mol. The van der Waals surface area contributed by atoms with Gasteiger partial charge in [-0.25, -0.2) is 4.79 Å². The van der Waals surface area contributed by atoms with Crippen LogP contribution in [0, 0.1) is 5.92 Å². The molecule has 1 spiro atoms. The molecule has 2 aliphatic rings. The Labute approximate surface area is 92.0 Å². The highest BCUT2D eigenvalue weighted by Gasteiger charge is 2.47. The lowest BCUT2D eigenvalue weighted by atomic mass is 9.89. The van der Waals surface area contributed by atoms with E-state index in [9.17, 15) is 9.59 Å². The molecule has 0 saturated carbocycles. The Hall–Kier alpha value is -0.770. The van der Waals surface area contributed by atoms with Crippen molar-refractivity contribution in [2.24, 2.45) is 5.92 Å². The highest BCUT2D eigenvalue weighted by molar-refractivity contribution is 8.00. The fourth-order valence-corrected chi connectivity index (χ4v) is 3.31. The van der Waals surface area contributed by atoms with Gasteiger partial charge in [0, 0.05) is 11.3 Å². The molecule has 0 bridgehead atoms. The second-order valence-corrected chi connectivity index (χ2v) is 5.35. The highest BCUT2D eigenvalue weighted by atomic mass is 32.2. The first-order valence-electron chi connectivity index (χ1n) is 4.74. The van der Waals surface area contributed by atoms with E-state index in [1.807, 2.05) is 5.94 Å². The van der Waals surface area contributed by atoms with Gasteiger partial charge >= 0.3 is 5.97 Å². The Morgan fingerprint density at radius 3 is 2.87 bits per heavy atom. The maximum atomic E-state index is 11.4. The van der Waals surface area contributed by atoms with Gasteiger partial charge in [-0.2, -0.15) is 0 Å². The Morgan fingerprint density at radius 2 is 2.40 bits per heavy atom. The van der Waals surface area contributed by atoms with Gasteiger partial charge in [0.1, 0.15) is 5.94 Å². The molecular weight excluding hydrogens is 216 g/mol. The maximum absolute atomic E-state index is 11.4. The minimum Gasteiger partial charge on any atom is -0.469 e. The zero-order chi connectivity index (χ0) is 10.9. The van der Waals surface area contributed by atoms with E-state index < -0.39 is 5.92 Å². The number of carbonyl (C=O) groups excluding carboxylic acids is 2. The standard InChI is InChI=1S/C10H12O4S/c1-13-9(12)8-4-15-10(5-14-6-10)2-7(8)3-11/h8H,2,4-6H2,1H3. The van der Waals surface area contributed by atoms with Gasteiger partial charge in [-0.05, 0) is 6.42 Å². The maximum Gasteiger partial charge on any atom is 0.314 e. The summed E-state index contributed by atoms with van der Waals surface area (Å²) in [5.41, 5.74) is 0.531. The number of methoxy groups -OCH3 is 1. The molecule has 2 rings (SSSR count). The zero-order valence-corrected chi connectivity index (χ0v) is 9.26. The first kappa shape index (κ1) is 10.7. The van der Waals surface area contributed by atoms with Gasteiger partial charge in [0.25, 0.3) is 0 Å². The molecule has 0 amide bonds. The summed E-state index contributed by atoms with van der Waals surface area (Å²) in [6, 6.07) is 0. The summed E-state index contributed by atoms with van der Waals surface area (Å²) in [5, 5.41) is 0. The van der Waals surface area contributed by atoms with Crippen LogP contribution in [0.5, 0.6) is 0 Å². The lowest BCUT2D eigenvalue weighted by molar-refractivity contribution is -0.143. The molecule has 0 aromatic heterocycles. The molecule has 0 aromatic carbocycles. The molecule has 0 aromatic rings. The molecule has 1 atom stereocenters. The third kappa shape index (κ3) is 1.83. The van der Waals surface area contributed by atoms with E-state index in [2.05, 4.69) is 4.74 Å². The van der Waals surface area contributed by atoms with Crippen LogP contribution in [0.25, 0.3) is 0 Å². The Morgan fingerprint density at radius 1 is 1.67 bits per heavy atom. The largest absolute Gasteiger partial charge is 0.469 e. The van der Waals surface area contributed by atoms with E-state index in [-0.39, 0.29) is 10.7 Å². The molecule has 4 nitrogen and oxygen atoms in total. The molecular formula is C10H12O4S. The summed E-state index contributed by atoms with van der Waals surface area (Å²) in [6.45, 7) is 1.33. The van der Waals surface area contributed by atoms with Crippen LogP contribution in [-0.4, -0.2) is 42.7 Å². The lowest BCUT2D eigenvalue weighted by Gasteiger charge is -2.45. The summed E-state index contributed by atoms with van der Waals surface area (Å²) < 4.78 is 9.83. The summed E-state index contributed by atoms with van der Waals surface area (Å²) in [6.07, 6.45) is 0.598. The fraction of sp³-hybridized carbons (Fsp3) is 0.700. The third-order valence-corrected chi connectivity index (χ3v) is 4.33. The third-order valence-electron chi connectivity index (χ3n) is 2.84. The van der Waals surface area contributed by atoms with Gasteiger partial charge in [0.05, 0.1) is 31.0 Å².